The predicted molar refractivity (Wildman–Crippen MR) is 110 cm³/mol. The van der Waals surface area contributed by atoms with Crippen LogP contribution in [0, 0.1) is 5.82 Å². The number of amides is 1. The Kier molecular flexibility index (Phi) is 7.00. The van der Waals surface area contributed by atoms with E-state index in [-0.39, 0.29) is 23.3 Å². The van der Waals surface area contributed by atoms with E-state index in [4.69, 9.17) is 11.6 Å². The number of nitrogens with one attached hydrogen (secondary N) is 1. The highest BCUT2D eigenvalue weighted by atomic mass is 35.5. The molecule has 0 aliphatic rings. The van der Waals surface area contributed by atoms with Gasteiger partial charge in [0.1, 0.15) is 11.6 Å². The lowest BCUT2D eigenvalue weighted by Crippen LogP contribution is -2.26. The van der Waals surface area contributed by atoms with Crippen LogP contribution >= 0.6 is 23.4 Å². The number of benzene rings is 2. The first-order valence-corrected chi connectivity index (χ1v) is 10.1. The highest BCUT2D eigenvalue weighted by Crippen LogP contribution is 2.18. The molecule has 1 N–H and O–H groups in total. The zero-order valence-corrected chi connectivity index (χ0v) is 17.1. The smallest absolute Gasteiger partial charge is 0.251 e. The van der Waals surface area contributed by atoms with Gasteiger partial charge in [0.15, 0.2) is 10.9 Å². The Morgan fingerprint density at radius 2 is 1.72 bits per heavy atom. The Balaban J connectivity index is 1.50. The quantitative estimate of drug-likeness (QED) is 0.435. The second kappa shape index (κ2) is 9.67. The molecule has 0 aliphatic carbocycles. The van der Waals surface area contributed by atoms with E-state index in [0.717, 1.165) is 0 Å². The number of carbonyl (C=O) groups is 2. The second-order valence-electron chi connectivity index (χ2n) is 6.19. The molecule has 0 saturated carbocycles. The van der Waals surface area contributed by atoms with Gasteiger partial charge < -0.3 is 9.88 Å². The van der Waals surface area contributed by atoms with Crippen LogP contribution in [0.15, 0.2) is 53.7 Å². The zero-order valence-electron chi connectivity index (χ0n) is 15.6. The molecule has 29 heavy (non-hydrogen) atoms. The number of thioether (sulfide) groups is 1. The Morgan fingerprint density at radius 3 is 2.41 bits per heavy atom. The molecule has 0 radical (unpaired) electrons. The van der Waals surface area contributed by atoms with Crippen molar-refractivity contribution in [2.75, 3.05) is 12.3 Å². The number of halogens is 2. The van der Waals surface area contributed by atoms with Gasteiger partial charge in [0.05, 0.1) is 5.75 Å². The molecule has 0 unspecified atom stereocenters. The van der Waals surface area contributed by atoms with E-state index < -0.39 is 0 Å². The van der Waals surface area contributed by atoms with E-state index in [1.165, 1.54) is 36.0 Å². The molecule has 3 aromatic rings. The number of aromatic nitrogens is 3. The Labute approximate surface area is 176 Å². The summed E-state index contributed by atoms with van der Waals surface area (Å²) in [5.74, 6) is 0.178. The maximum Gasteiger partial charge on any atom is 0.251 e. The van der Waals surface area contributed by atoms with Gasteiger partial charge in [-0.15, -0.1) is 10.2 Å². The predicted octanol–water partition coefficient (Wildman–Crippen LogP) is 3.56. The van der Waals surface area contributed by atoms with Crippen LogP contribution in [0.2, 0.25) is 5.02 Å². The van der Waals surface area contributed by atoms with E-state index in [1.807, 2.05) is 0 Å². The maximum absolute atomic E-state index is 13.0. The zero-order chi connectivity index (χ0) is 20.8. The number of hydrogen-bond acceptors (Lipinski definition) is 5. The third kappa shape index (κ3) is 5.65. The molecular weight excluding hydrogens is 415 g/mol. The van der Waals surface area contributed by atoms with Gasteiger partial charge in [-0.2, -0.15) is 0 Å². The normalized spacial score (nSPS) is 10.7. The van der Waals surface area contributed by atoms with Crippen molar-refractivity contribution in [1.82, 2.24) is 20.1 Å². The van der Waals surface area contributed by atoms with Gasteiger partial charge in [0.25, 0.3) is 5.91 Å². The van der Waals surface area contributed by atoms with Crippen molar-refractivity contribution in [1.29, 1.82) is 0 Å². The van der Waals surface area contributed by atoms with Crippen LogP contribution in [0.4, 0.5) is 4.39 Å². The van der Waals surface area contributed by atoms with E-state index in [2.05, 4.69) is 15.5 Å². The summed E-state index contributed by atoms with van der Waals surface area (Å²) in [5.41, 5.74) is 0.981. The van der Waals surface area contributed by atoms with Crippen LogP contribution in [0.25, 0.3) is 0 Å². The lowest BCUT2D eigenvalue weighted by Gasteiger charge is -2.06. The molecule has 1 aromatic heterocycles. The lowest BCUT2D eigenvalue weighted by molar-refractivity contribution is 0.0953. The van der Waals surface area contributed by atoms with E-state index in [1.54, 1.807) is 35.9 Å². The van der Waals surface area contributed by atoms with Crippen molar-refractivity contribution >= 4 is 35.1 Å². The molecule has 0 aliphatic heterocycles. The topological polar surface area (TPSA) is 76.9 Å². The number of rotatable bonds is 8. The molecule has 0 saturated heterocycles. The first kappa shape index (κ1) is 21.0. The van der Waals surface area contributed by atoms with Crippen LogP contribution in [-0.4, -0.2) is 38.8 Å². The van der Waals surface area contributed by atoms with Crippen LogP contribution < -0.4 is 5.32 Å². The minimum Gasteiger partial charge on any atom is -0.352 e. The van der Waals surface area contributed by atoms with Crippen LogP contribution in [0.3, 0.4) is 0 Å². The first-order valence-electron chi connectivity index (χ1n) is 8.77. The van der Waals surface area contributed by atoms with E-state index in [0.29, 0.717) is 40.1 Å². The molecule has 2 aromatic carbocycles. The second-order valence-corrected chi connectivity index (χ2v) is 7.57. The summed E-state index contributed by atoms with van der Waals surface area (Å²) in [6.45, 7) is 0.395. The van der Waals surface area contributed by atoms with Gasteiger partial charge in [0, 0.05) is 36.2 Å². The molecule has 0 atom stereocenters. The van der Waals surface area contributed by atoms with Crippen molar-refractivity contribution < 1.29 is 14.0 Å². The number of hydrogen-bond donors (Lipinski definition) is 1. The van der Waals surface area contributed by atoms with Gasteiger partial charge in [0.2, 0.25) is 0 Å². The van der Waals surface area contributed by atoms with Crippen molar-refractivity contribution in [2.45, 2.75) is 11.6 Å². The average Bonchev–Trinajstić information content (AvgIpc) is 3.07. The molecule has 150 valence electrons. The highest BCUT2D eigenvalue weighted by molar-refractivity contribution is 7.99. The standard InChI is InChI=1S/C20H18ClFN4O2S/c1-26-18(10-11-23-19(28)14-2-6-15(21)7-3-14)24-25-20(26)29-12-17(27)13-4-8-16(22)9-5-13/h2-9H,10-12H2,1H3,(H,23,28). The Bertz CT molecular complexity index is 1010. The first-order chi connectivity index (χ1) is 13.9. The summed E-state index contributed by atoms with van der Waals surface area (Å²) < 4.78 is 14.7. The number of carbonyl (C=O) groups excluding carboxylic acids is 2. The van der Waals surface area contributed by atoms with Crippen molar-refractivity contribution in [3.05, 3.63) is 76.3 Å². The molecule has 3 rings (SSSR count). The number of nitrogens with zero attached hydrogens (tertiary/aromatic N) is 3. The lowest BCUT2D eigenvalue weighted by atomic mass is 10.1. The minimum absolute atomic E-state index is 0.116. The van der Waals surface area contributed by atoms with E-state index in [9.17, 15) is 14.0 Å². The fourth-order valence-electron chi connectivity index (χ4n) is 2.53. The van der Waals surface area contributed by atoms with E-state index >= 15 is 0 Å². The average molecular weight is 433 g/mol. The monoisotopic (exact) mass is 432 g/mol. The fourth-order valence-corrected chi connectivity index (χ4v) is 3.48. The SMILES string of the molecule is Cn1c(CCNC(=O)c2ccc(Cl)cc2)nnc1SCC(=O)c1ccc(F)cc1. The Hall–Kier alpha value is -2.71. The molecule has 0 bridgehead atoms. The summed E-state index contributed by atoms with van der Waals surface area (Å²) >= 11 is 7.08. The Morgan fingerprint density at radius 1 is 1.07 bits per heavy atom. The van der Waals surface area contributed by atoms with Gasteiger partial charge >= 0.3 is 0 Å². The molecule has 9 heteroatoms. The van der Waals surface area contributed by atoms with Gasteiger partial charge in [-0.25, -0.2) is 4.39 Å². The summed E-state index contributed by atoms with van der Waals surface area (Å²) in [7, 11) is 1.81. The third-order valence-corrected chi connectivity index (χ3v) is 5.44. The van der Waals surface area contributed by atoms with Crippen LogP contribution in [-0.2, 0) is 13.5 Å². The van der Waals surface area contributed by atoms with Gasteiger partial charge in [-0.3, -0.25) is 9.59 Å². The summed E-state index contributed by atoms with van der Waals surface area (Å²) in [6.07, 6.45) is 0.495. The molecule has 1 heterocycles. The number of Topliss-reactive ketones (excluding diaryl/α,β-unsaturated/α-hetero) is 1. The molecule has 0 fully saturated rings. The summed E-state index contributed by atoms with van der Waals surface area (Å²) in [5, 5.41) is 12.2. The maximum atomic E-state index is 13.0. The fraction of sp³-hybridized carbons (Fsp3) is 0.200. The van der Waals surface area contributed by atoms with Gasteiger partial charge in [-0.1, -0.05) is 23.4 Å². The van der Waals surface area contributed by atoms with Crippen molar-refractivity contribution in [3.63, 3.8) is 0 Å². The van der Waals surface area contributed by atoms with Gasteiger partial charge in [-0.05, 0) is 48.5 Å². The largest absolute Gasteiger partial charge is 0.352 e. The molecule has 6 nitrogen and oxygen atoms in total. The van der Waals surface area contributed by atoms with Crippen LogP contribution in [0.1, 0.15) is 26.5 Å². The summed E-state index contributed by atoms with van der Waals surface area (Å²) in [4.78, 5) is 24.3. The third-order valence-electron chi connectivity index (χ3n) is 4.16. The van der Waals surface area contributed by atoms with Crippen LogP contribution in [0.5, 0.6) is 0 Å². The molecule has 0 spiro atoms. The summed E-state index contributed by atoms with van der Waals surface area (Å²) in [6, 6.07) is 12.1. The molecular formula is C20H18ClFN4O2S. The number of ketones is 1. The molecule has 1 amide bonds. The van der Waals surface area contributed by atoms with Crippen molar-refractivity contribution in [2.24, 2.45) is 7.05 Å². The highest BCUT2D eigenvalue weighted by Gasteiger charge is 2.13. The minimum atomic E-state index is -0.379. The van der Waals surface area contributed by atoms with Crippen molar-refractivity contribution in [3.8, 4) is 0 Å².